The number of nitrogen functional groups attached to an aromatic ring is 1. The highest BCUT2D eigenvalue weighted by atomic mass is 32.1. The Kier molecular flexibility index (Phi) is 7.55. The lowest BCUT2D eigenvalue weighted by Crippen LogP contribution is -2.46. The van der Waals surface area contributed by atoms with E-state index >= 15 is 0 Å². The van der Waals surface area contributed by atoms with Crippen molar-refractivity contribution in [1.82, 2.24) is 29.8 Å². The Bertz CT molecular complexity index is 1870. The molecule has 4 atom stereocenters. The highest BCUT2D eigenvalue weighted by molar-refractivity contribution is 7.16. The van der Waals surface area contributed by atoms with Crippen molar-refractivity contribution in [3.63, 3.8) is 0 Å². The average molecular weight is 658 g/mol. The molecule has 2 saturated heterocycles. The average Bonchev–Trinajstić information content (AvgIpc) is 3.85. The molecule has 2 aliphatic carbocycles. The summed E-state index contributed by atoms with van der Waals surface area (Å²) in [5.41, 5.74) is 9.14. The molecule has 0 radical (unpaired) electrons. The molecular formula is C34H43N9O3S. The van der Waals surface area contributed by atoms with E-state index in [-0.39, 0.29) is 18.7 Å². The number of piperidine rings is 1. The number of aryl methyl sites for hydroxylation is 1. The Morgan fingerprint density at radius 3 is 2.79 bits per heavy atom. The van der Waals surface area contributed by atoms with Crippen LogP contribution in [0.5, 0.6) is 0 Å². The van der Waals surface area contributed by atoms with Gasteiger partial charge in [-0.05, 0) is 90.2 Å². The number of nitriles is 1. The predicted octanol–water partition coefficient (Wildman–Crippen LogP) is 4.32. The van der Waals surface area contributed by atoms with Crippen molar-refractivity contribution in [1.29, 1.82) is 5.26 Å². The van der Waals surface area contributed by atoms with Crippen LogP contribution in [0.2, 0.25) is 0 Å². The summed E-state index contributed by atoms with van der Waals surface area (Å²) in [4.78, 5) is 16.1. The molecule has 4 aromatic heterocycles. The van der Waals surface area contributed by atoms with Gasteiger partial charge < -0.3 is 25.4 Å². The number of nitrogens with zero attached hydrogens (tertiary/aromatic N) is 8. The lowest BCUT2D eigenvalue weighted by molar-refractivity contribution is 0.0448. The highest BCUT2D eigenvalue weighted by Gasteiger charge is 2.49. The first kappa shape index (κ1) is 30.7. The fraction of sp³-hybridized carbons (Fsp3) is 0.618. The third-order valence-corrected chi connectivity index (χ3v) is 12.3. The minimum atomic E-state index is -0.827. The first-order valence-corrected chi connectivity index (χ1v) is 17.9. The van der Waals surface area contributed by atoms with Gasteiger partial charge in [-0.25, -0.2) is 14.6 Å². The normalized spacial score (nSPS) is 26.9. The second kappa shape index (κ2) is 11.5. The van der Waals surface area contributed by atoms with E-state index in [4.69, 9.17) is 30.5 Å². The summed E-state index contributed by atoms with van der Waals surface area (Å²) in [7, 11) is 0. The van der Waals surface area contributed by atoms with Gasteiger partial charge >= 0.3 is 0 Å². The van der Waals surface area contributed by atoms with Crippen molar-refractivity contribution in [3.05, 3.63) is 33.5 Å². The summed E-state index contributed by atoms with van der Waals surface area (Å²) in [5.74, 6) is 2.07. The molecule has 13 heteroatoms. The monoisotopic (exact) mass is 657 g/mol. The van der Waals surface area contributed by atoms with Gasteiger partial charge in [0.05, 0.1) is 40.8 Å². The van der Waals surface area contributed by atoms with E-state index in [9.17, 15) is 15.5 Å². The van der Waals surface area contributed by atoms with Gasteiger partial charge in [-0.2, -0.15) is 10.4 Å². The fourth-order valence-corrected chi connectivity index (χ4v) is 10.3. The number of fused-ring (bicyclic) bond motifs is 5. The summed E-state index contributed by atoms with van der Waals surface area (Å²) in [6, 6.07) is 2.66. The van der Waals surface area contributed by atoms with E-state index in [1.165, 1.54) is 4.88 Å². The highest BCUT2D eigenvalue weighted by Crippen LogP contribution is 2.55. The topological polar surface area (TPSA) is 166 Å². The Balaban J connectivity index is 1.28. The summed E-state index contributed by atoms with van der Waals surface area (Å²) >= 11 is 1.54. The molecule has 8 rings (SSSR count). The standard InChI is InChI=1S/C34H43N9O3S/c1-20(24-8-5-13-41(24)15-16-44)43-32-23(18-37-43)31(42-14-6-10-33(2,45)19-42)38-30(39-32)27-21-7-3-11-34(28(21)46-40-27)12-4-9-25-26(34)22(17-35)29(36)47-25/h18,20,24,44-45H,3-16,19,36H2,1-2H3. The third kappa shape index (κ3) is 4.86. The van der Waals surface area contributed by atoms with Crippen LogP contribution in [0.25, 0.3) is 22.6 Å². The number of thiophene rings is 1. The number of nitrogens with two attached hydrogens (primary N) is 1. The maximum Gasteiger partial charge on any atom is 0.186 e. The molecule has 4 unspecified atom stereocenters. The van der Waals surface area contributed by atoms with Crippen LogP contribution < -0.4 is 10.6 Å². The number of hydrogen-bond donors (Lipinski definition) is 3. The SMILES string of the molecule is CC(C1CCCN1CCO)n1ncc2c(N3CCCC(C)(O)C3)nc(-c3noc4c3CCCC43CCCc4sc(N)c(C#N)c43)nc21. The number of β-amino-alcohol motifs (C(OH)–C–C–N with tert-alkyl or cyclic N) is 2. The minimum absolute atomic E-state index is 0.0187. The van der Waals surface area contributed by atoms with Crippen LogP contribution >= 0.6 is 11.3 Å². The van der Waals surface area contributed by atoms with Crippen molar-refractivity contribution in [3.8, 4) is 17.6 Å². The maximum absolute atomic E-state index is 11.1. The van der Waals surface area contributed by atoms with Gasteiger partial charge in [-0.15, -0.1) is 11.3 Å². The smallest absolute Gasteiger partial charge is 0.186 e. The molecule has 1 spiro atoms. The van der Waals surface area contributed by atoms with Crippen molar-refractivity contribution in [2.45, 2.75) is 101 Å². The summed E-state index contributed by atoms with van der Waals surface area (Å²) < 4.78 is 8.35. The Morgan fingerprint density at radius 1 is 1.17 bits per heavy atom. The molecule has 6 heterocycles. The Labute approximate surface area is 278 Å². The summed E-state index contributed by atoms with van der Waals surface area (Å²) in [5, 5.41) is 42.0. The van der Waals surface area contributed by atoms with Gasteiger partial charge in [0.25, 0.3) is 0 Å². The Hall–Kier alpha value is -3.57. The Morgan fingerprint density at radius 2 is 2.00 bits per heavy atom. The zero-order valence-electron chi connectivity index (χ0n) is 27.2. The van der Waals surface area contributed by atoms with Crippen LogP contribution in [0.4, 0.5) is 10.8 Å². The molecule has 0 bridgehead atoms. The van der Waals surface area contributed by atoms with E-state index in [2.05, 4.69) is 22.8 Å². The molecule has 2 fully saturated rings. The van der Waals surface area contributed by atoms with E-state index in [1.54, 1.807) is 11.3 Å². The number of aliphatic hydroxyl groups excluding tert-OH is 1. The zero-order valence-corrected chi connectivity index (χ0v) is 28.0. The lowest BCUT2D eigenvalue weighted by atomic mass is 9.63. The van der Waals surface area contributed by atoms with E-state index in [1.807, 2.05) is 17.8 Å². The molecule has 0 amide bonds. The van der Waals surface area contributed by atoms with Crippen molar-refractivity contribution in [2.24, 2.45) is 0 Å². The van der Waals surface area contributed by atoms with E-state index < -0.39 is 11.0 Å². The fourth-order valence-electron chi connectivity index (χ4n) is 9.14. The quantitative estimate of drug-likeness (QED) is 0.270. The van der Waals surface area contributed by atoms with Crippen LogP contribution in [-0.4, -0.2) is 84.4 Å². The number of likely N-dealkylation sites (tertiary alicyclic amines) is 1. The van der Waals surface area contributed by atoms with Gasteiger partial charge in [0.15, 0.2) is 22.9 Å². The molecule has 4 N–H and O–H groups in total. The van der Waals surface area contributed by atoms with Crippen LogP contribution in [0, 0.1) is 11.3 Å². The molecule has 0 saturated carbocycles. The number of aliphatic hydroxyl groups is 2. The van der Waals surface area contributed by atoms with Gasteiger partial charge in [-0.1, -0.05) is 5.16 Å². The number of anilines is 2. The summed E-state index contributed by atoms with van der Waals surface area (Å²) in [6.07, 6.45) is 11.0. The number of hydrogen-bond acceptors (Lipinski definition) is 12. The molecular weight excluding hydrogens is 615 g/mol. The van der Waals surface area contributed by atoms with E-state index in [0.29, 0.717) is 35.2 Å². The number of rotatable bonds is 6. The molecule has 248 valence electrons. The maximum atomic E-state index is 11.1. The van der Waals surface area contributed by atoms with Crippen LogP contribution in [0.15, 0.2) is 10.7 Å². The second-order valence-corrected chi connectivity index (χ2v) is 15.4. The largest absolute Gasteiger partial charge is 0.395 e. The predicted molar refractivity (Wildman–Crippen MR) is 179 cm³/mol. The molecule has 2 aliphatic heterocycles. The molecule has 12 nitrogen and oxygen atoms in total. The van der Waals surface area contributed by atoms with Gasteiger partial charge in [0, 0.05) is 36.1 Å². The molecule has 0 aromatic carbocycles. The van der Waals surface area contributed by atoms with Crippen molar-refractivity contribution >= 4 is 33.2 Å². The van der Waals surface area contributed by atoms with Gasteiger partial charge in [-0.3, -0.25) is 4.90 Å². The van der Waals surface area contributed by atoms with Gasteiger partial charge in [0.2, 0.25) is 0 Å². The van der Waals surface area contributed by atoms with Crippen LogP contribution in [0.3, 0.4) is 0 Å². The minimum Gasteiger partial charge on any atom is -0.395 e. The molecule has 47 heavy (non-hydrogen) atoms. The zero-order chi connectivity index (χ0) is 32.5. The second-order valence-electron chi connectivity index (χ2n) is 14.3. The lowest BCUT2D eigenvalue weighted by Gasteiger charge is -2.39. The van der Waals surface area contributed by atoms with Crippen molar-refractivity contribution in [2.75, 3.05) is 43.4 Å². The number of aromatic nitrogens is 5. The van der Waals surface area contributed by atoms with Crippen LogP contribution in [-0.2, 0) is 18.3 Å². The first-order valence-electron chi connectivity index (χ1n) is 17.1. The van der Waals surface area contributed by atoms with Gasteiger partial charge in [0.1, 0.15) is 16.9 Å². The van der Waals surface area contributed by atoms with E-state index in [0.717, 1.165) is 111 Å². The van der Waals surface area contributed by atoms with Crippen LogP contribution in [0.1, 0.15) is 98.6 Å². The molecule has 4 aromatic rings. The summed E-state index contributed by atoms with van der Waals surface area (Å²) in [6.45, 7) is 7.03. The molecule has 4 aliphatic rings. The van der Waals surface area contributed by atoms with Crippen molar-refractivity contribution < 1.29 is 14.7 Å². The third-order valence-electron chi connectivity index (χ3n) is 11.2. The first-order chi connectivity index (χ1) is 22.7.